The number of rotatable bonds is 8. The molecular formula is C12H17NO5. The Kier molecular flexibility index (Phi) is 5.38. The van der Waals surface area contributed by atoms with E-state index in [-0.39, 0.29) is 12.2 Å². The summed E-state index contributed by atoms with van der Waals surface area (Å²) in [4.78, 5) is 23.1. The maximum Gasteiger partial charge on any atom is 0.371 e. The Morgan fingerprint density at radius 3 is 2.50 bits per heavy atom. The lowest BCUT2D eigenvalue weighted by atomic mass is 10.3. The van der Waals surface area contributed by atoms with Crippen molar-refractivity contribution in [3.63, 3.8) is 0 Å². The second kappa shape index (κ2) is 6.80. The van der Waals surface area contributed by atoms with Gasteiger partial charge >= 0.3 is 11.9 Å². The summed E-state index contributed by atoms with van der Waals surface area (Å²) in [6.45, 7) is 3.59. The van der Waals surface area contributed by atoms with Gasteiger partial charge in [-0.2, -0.15) is 0 Å². The molecule has 0 bridgehead atoms. The van der Waals surface area contributed by atoms with Gasteiger partial charge in [-0.25, -0.2) is 4.79 Å². The van der Waals surface area contributed by atoms with E-state index in [1.165, 1.54) is 6.07 Å². The third kappa shape index (κ3) is 4.58. The van der Waals surface area contributed by atoms with Gasteiger partial charge < -0.3 is 14.6 Å². The molecule has 0 spiro atoms. The average molecular weight is 255 g/mol. The van der Waals surface area contributed by atoms with E-state index >= 15 is 0 Å². The Morgan fingerprint density at radius 1 is 1.28 bits per heavy atom. The first-order valence-corrected chi connectivity index (χ1v) is 5.79. The molecule has 0 atom stereocenters. The van der Waals surface area contributed by atoms with Crippen LogP contribution in [0.25, 0.3) is 0 Å². The van der Waals surface area contributed by atoms with Gasteiger partial charge in [0.2, 0.25) is 5.76 Å². The first-order valence-electron chi connectivity index (χ1n) is 5.79. The molecule has 1 heterocycles. The van der Waals surface area contributed by atoms with E-state index in [1.807, 2.05) is 11.8 Å². The van der Waals surface area contributed by atoms with Crippen LogP contribution in [0.4, 0.5) is 0 Å². The largest absolute Gasteiger partial charge is 0.481 e. The minimum Gasteiger partial charge on any atom is -0.481 e. The molecule has 0 saturated carbocycles. The molecule has 6 nitrogen and oxygen atoms in total. The lowest BCUT2D eigenvalue weighted by Crippen LogP contribution is -2.26. The van der Waals surface area contributed by atoms with Gasteiger partial charge in [-0.3, -0.25) is 9.69 Å². The van der Waals surface area contributed by atoms with Gasteiger partial charge in [-0.15, -0.1) is 0 Å². The minimum atomic E-state index is -1.10. The van der Waals surface area contributed by atoms with Crippen molar-refractivity contribution in [2.24, 2.45) is 0 Å². The van der Waals surface area contributed by atoms with E-state index in [0.717, 1.165) is 13.0 Å². The Bertz CT molecular complexity index is 412. The fraction of sp³-hybridized carbons (Fsp3) is 0.500. The molecule has 0 aliphatic rings. The van der Waals surface area contributed by atoms with Crippen LogP contribution in [0.15, 0.2) is 16.5 Å². The number of hydrogen-bond acceptors (Lipinski definition) is 4. The van der Waals surface area contributed by atoms with Crippen molar-refractivity contribution in [1.29, 1.82) is 0 Å². The lowest BCUT2D eigenvalue weighted by Gasteiger charge is -2.19. The lowest BCUT2D eigenvalue weighted by molar-refractivity contribution is -0.137. The number of carbonyl (C=O) groups is 2. The van der Waals surface area contributed by atoms with E-state index in [2.05, 4.69) is 0 Å². The topological polar surface area (TPSA) is 91.0 Å². The molecule has 1 rings (SSSR count). The molecule has 0 fully saturated rings. The van der Waals surface area contributed by atoms with Crippen molar-refractivity contribution in [3.05, 3.63) is 23.7 Å². The highest BCUT2D eigenvalue weighted by atomic mass is 16.4. The van der Waals surface area contributed by atoms with E-state index in [4.69, 9.17) is 14.6 Å². The Morgan fingerprint density at radius 2 is 2.00 bits per heavy atom. The van der Waals surface area contributed by atoms with Crippen LogP contribution in [-0.4, -0.2) is 40.1 Å². The van der Waals surface area contributed by atoms with Gasteiger partial charge in [-0.05, 0) is 25.1 Å². The molecule has 1 aromatic heterocycles. The predicted molar refractivity (Wildman–Crippen MR) is 63.5 cm³/mol. The Labute approximate surface area is 105 Å². The summed E-state index contributed by atoms with van der Waals surface area (Å²) in [5.41, 5.74) is 0. The van der Waals surface area contributed by atoms with Gasteiger partial charge in [-0.1, -0.05) is 6.92 Å². The molecule has 2 N–H and O–H groups in total. The average Bonchev–Trinajstić information content (AvgIpc) is 2.75. The zero-order chi connectivity index (χ0) is 13.5. The highest BCUT2D eigenvalue weighted by Crippen LogP contribution is 2.11. The van der Waals surface area contributed by atoms with Gasteiger partial charge in [0.15, 0.2) is 0 Å². The number of aliphatic carboxylic acids is 1. The Balaban J connectivity index is 2.58. The van der Waals surface area contributed by atoms with Crippen molar-refractivity contribution < 1.29 is 24.2 Å². The summed E-state index contributed by atoms with van der Waals surface area (Å²) in [6, 6.07) is 3.01. The van der Waals surface area contributed by atoms with Crippen LogP contribution < -0.4 is 0 Å². The molecule has 0 saturated heterocycles. The van der Waals surface area contributed by atoms with E-state index < -0.39 is 11.9 Å². The van der Waals surface area contributed by atoms with Crippen molar-refractivity contribution in [2.45, 2.75) is 26.3 Å². The first-order chi connectivity index (χ1) is 8.52. The summed E-state index contributed by atoms with van der Waals surface area (Å²) in [6.07, 6.45) is 0.957. The molecule has 0 aliphatic carbocycles. The number of aromatic carboxylic acids is 1. The third-order valence-corrected chi connectivity index (χ3v) is 2.43. The van der Waals surface area contributed by atoms with Gasteiger partial charge in [0.25, 0.3) is 0 Å². The second-order valence-corrected chi connectivity index (χ2v) is 3.99. The van der Waals surface area contributed by atoms with Crippen molar-refractivity contribution in [1.82, 2.24) is 4.90 Å². The van der Waals surface area contributed by atoms with E-state index in [0.29, 0.717) is 18.8 Å². The molecule has 0 unspecified atom stereocenters. The number of carboxylic acid groups (broad SMARTS) is 2. The fourth-order valence-electron chi connectivity index (χ4n) is 1.64. The van der Waals surface area contributed by atoms with Gasteiger partial charge in [0.05, 0.1) is 13.0 Å². The molecule has 0 amide bonds. The van der Waals surface area contributed by atoms with E-state index in [1.54, 1.807) is 6.07 Å². The Hall–Kier alpha value is -1.82. The highest BCUT2D eigenvalue weighted by molar-refractivity contribution is 5.84. The molecular weight excluding hydrogens is 238 g/mol. The zero-order valence-electron chi connectivity index (χ0n) is 10.3. The predicted octanol–water partition coefficient (Wildman–Crippen LogP) is 1.66. The SMILES string of the molecule is CCCN(CCC(=O)O)Cc1ccc(C(=O)O)o1. The van der Waals surface area contributed by atoms with Gasteiger partial charge in [0, 0.05) is 6.54 Å². The summed E-state index contributed by atoms with van der Waals surface area (Å²) in [7, 11) is 0. The molecule has 18 heavy (non-hydrogen) atoms. The fourth-order valence-corrected chi connectivity index (χ4v) is 1.64. The smallest absolute Gasteiger partial charge is 0.371 e. The second-order valence-electron chi connectivity index (χ2n) is 3.99. The summed E-state index contributed by atoms with van der Waals surface area (Å²) in [5.74, 6) is -1.51. The molecule has 0 aromatic carbocycles. The maximum absolute atomic E-state index is 10.7. The normalized spacial score (nSPS) is 10.8. The van der Waals surface area contributed by atoms with Crippen LogP contribution in [-0.2, 0) is 11.3 Å². The zero-order valence-corrected chi connectivity index (χ0v) is 10.3. The van der Waals surface area contributed by atoms with Crippen LogP contribution in [0.5, 0.6) is 0 Å². The quantitative estimate of drug-likeness (QED) is 0.734. The monoisotopic (exact) mass is 255 g/mol. The van der Waals surface area contributed by atoms with E-state index in [9.17, 15) is 9.59 Å². The summed E-state index contributed by atoms with van der Waals surface area (Å²) >= 11 is 0. The number of furan rings is 1. The number of hydrogen-bond donors (Lipinski definition) is 2. The molecule has 0 radical (unpaired) electrons. The molecule has 6 heteroatoms. The maximum atomic E-state index is 10.7. The summed E-state index contributed by atoms with van der Waals surface area (Å²) in [5, 5.41) is 17.4. The van der Waals surface area contributed by atoms with Crippen LogP contribution in [0.2, 0.25) is 0 Å². The molecule has 0 aliphatic heterocycles. The first kappa shape index (κ1) is 14.2. The van der Waals surface area contributed by atoms with Gasteiger partial charge in [0.1, 0.15) is 5.76 Å². The van der Waals surface area contributed by atoms with Crippen LogP contribution >= 0.6 is 0 Å². The van der Waals surface area contributed by atoms with Crippen LogP contribution in [0.1, 0.15) is 36.1 Å². The van der Waals surface area contributed by atoms with Crippen LogP contribution in [0.3, 0.4) is 0 Å². The molecule has 1 aromatic rings. The minimum absolute atomic E-state index is 0.0620. The summed E-state index contributed by atoms with van der Waals surface area (Å²) < 4.78 is 5.14. The molecule has 100 valence electrons. The number of carboxylic acids is 2. The standard InChI is InChI=1S/C12H17NO5/c1-2-6-13(7-5-11(14)15)8-9-3-4-10(18-9)12(16)17/h3-4H,2,5-8H2,1H3,(H,14,15)(H,16,17). The van der Waals surface area contributed by atoms with Crippen LogP contribution in [0, 0.1) is 0 Å². The van der Waals surface area contributed by atoms with Crippen molar-refractivity contribution >= 4 is 11.9 Å². The third-order valence-electron chi connectivity index (χ3n) is 2.43. The number of nitrogens with zero attached hydrogens (tertiary/aromatic N) is 1. The van der Waals surface area contributed by atoms with Crippen molar-refractivity contribution in [3.8, 4) is 0 Å². The van der Waals surface area contributed by atoms with Crippen molar-refractivity contribution in [2.75, 3.05) is 13.1 Å². The highest BCUT2D eigenvalue weighted by Gasteiger charge is 2.12.